The predicted octanol–water partition coefficient (Wildman–Crippen LogP) is 5.42. The quantitative estimate of drug-likeness (QED) is 0.134. The van der Waals surface area contributed by atoms with Crippen LogP contribution in [0, 0.1) is 13.8 Å². The Hall–Kier alpha value is -5.15. The molecule has 3 aliphatic rings. The fraction of sp³-hybridized carbons (Fsp3) is 0.410. The van der Waals surface area contributed by atoms with Gasteiger partial charge >= 0.3 is 17.9 Å². The maximum atomic E-state index is 11.6. The number of rotatable bonds is 9. The molecule has 6 rings (SSSR count). The van der Waals surface area contributed by atoms with Gasteiger partial charge in [0.25, 0.3) is 0 Å². The van der Waals surface area contributed by atoms with Gasteiger partial charge in [-0.05, 0) is 112 Å². The number of aromatic nitrogens is 4. The summed E-state index contributed by atoms with van der Waals surface area (Å²) in [6.45, 7) is 11.5. The molecule has 4 atom stereocenters. The Morgan fingerprint density at radius 3 is 1.51 bits per heavy atom. The molecule has 3 unspecified atom stereocenters. The van der Waals surface area contributed by atoms with Gasteiger partial charge in [0.15, 0.2) is 0 Å². The van der Waals surface area contributed by atoms with Crippen LogP contribution < -0.4 is 5.32 Å². The molecular weight excluding hydrogens is 682 g/mol. The number of H-pyrrole nitrogens is 2. The van der Waals surface area contributed by atoms with E-state index in [-0.39, 0.29) is 25.7 Å². The fourth-order valence-corrected chi connectivity index (χ4v) is 7.22. The van der Waals surface area contributed by atoms with Gasteiger partial charge in [0.05, 0.1) is 41.1 Å². The summed E-state index contributed by atoms with van der Waals surface area (Å²) < 4.78 is 0. The fourth-order valence-electron chi connectivity index (χ4n) is 7.22. The molecule has 14 heteroatoms. The van der Waals surface area contributed by atoms with Gasteiger partial charge in [-0.1, -0.05) is 0 Å². The van der Waals surface area contributed by atoms with Crippen LogP contribution in [0.3, 0.4) is 0 Å². The second-order valence-electron chi connectivity index (χ2n) is 13.9. The molecular formula is C39H47N5O9. The van der Waals surface area contributed by atoms with Gasteiger partial charge in [0, 0.05) is 59.0 Å². The van der Waals surface area contributed by atoms with Crippen LogP contribution in [-0.4, -0.2) is 87.2 Å². The number of allylic oxidation sites excluding steroid dienone is 4. The number of carboxylic acid groups (broad SMARTS) is 3. The molecule has 53 heavy (non-hydrogen) atoms. The summed E-state index contributed by atoms with van der Waals surface area (Å²) in [6, 6.07) is 6.97. The number of aryl methyl sites for hydroxylation is 2. The second-order valence-corrected chi connectivity index (χ2v) is 13.9. The third-order valence-corrected chi connectivity index (χ3v) is 10.1. The number of aliphatic carboxylic acids is 3. The maximum Gasteiger partial charge on any atom is 0.320 e. The first-order valence-corrected chi connectivity index (χ1v) is 17.6. The van der Waals surface area contributed by atoms with Gasteiger partial charge in [0.1, 0.15) is 6.04 Å². The maximum absolute atomic E-state index is 11.6. The van der Waals surface area contributed by atoms with Crippen LogP contribution in [0.4, 0.5) is 0 Å². The van der Waals surface area contributed by atoms with E-state index in [4.69, 9.17) is 20.2 Å². The standard InChI is InChI=1S/C34H38N4O6.C5H9NO3/c1-15-21(7-9-31(41)42)27-14-28-22(8-10-32(43)44)16(2)24(36-28)12-29-34(20(6)40)18(4)26(38-29)13-30-33(19(5)39)17(3)25(37-30)11-23(15)35-27;7-3-1-4(5(8)9)6-2-3/h11-14,19-20,37-40H,7-10H2,1-6H3,(H,41,42)(H,43,44);3-4,6-7H,1-2H2,(H,8,9)/t;3?,4-/m.0/s1. The number of fused-ring (bicyclic) bond motifs is 8. The van der Waals surface area contributed by atoms with Crippen molar-refractivity contribution >= 4 is 62.3 Å². The van der Waals surface area contributed by atoms with Crippen LogP contribution in [0.1, 0.15) is 117 Å². The summed E-state index contributed by atoms with van der Waals surface area (Å²) in [7, 11) is 0. The van der Waals surface area contributed by atoms with Crippen molar-refractivity contribution < 1.29 is 45.0 Å². The number of aromatic amines is 2. The first-order chi connectivity index (χ1) is 25.0. The van der Waals surface area contributed by atoms with E-state index < -0.39 is 42.3 Å². The lowest BCUT2D eigenvalue weighted by molar-refractivity contribution is -0.139. The molecule has 0 aliphatic carbocycles. The van der Waals surface area contributed by atoms with Crippen LogP contribution >= 0.6 is 0 Å². The Balaban J connectivity index is 0.000000526. The van der Waals surface area contributed by atoms with E-state index in [2.05, 4.69) is 15.3 Å². The summed E-state index contributed by atoms with van der Waals surface area (Å²) in [6.07, 6.45) is -1.33. The van der Waals surface area contributed by atoms with Crippen LogP contribution in [0.15, 0.2) is 24.3 Å². The van der Waals surface area contributed by atoms with Crippen molar-refractivity contribution in [3.8, 4) is 0 Å². The van der Waals surface area contributed by atoms with E-state index in [9.17, 15) is 34.8 Å². The van der Waals surface area contributed by atoms with Gasteiger partial charge in [-0.3, -0.25) is 14.4 Å². The van der Waals surface area contributed by atoms with E-state index in [0.29, 0.717) is 52.3 Å². The predicted molar refractivity (Wildman–Crippen MR) is 201 cm³/mol. The van der Waals surface area contributed by atoms with E-state index >= 15 is 0 Å². The summed E-state index contributed by atoms with van der Waals surface area (Å²) in [5.41, 5.74) is 11.7. The molecule has 0 radical (unpaired) electrons. The van der Waals surface area contributed by atoms with Crippen molar-refractivity contribution in [2.45, 2.75) is 98.0 Å². The Morgan fingerprint density at radius 1 is 0.698 bits per heavy atom. The molecule has 0 spiro atoms. The van der Waals surface area contributed by atoms with Crippen LogP contribution in [0.2, 0.25) is 0 Å². The van der Waals surface area contributed by atoms with Crippen molar-refractivity contribution in [1.82, 2.24) is 25.3 Å². The highest BCUT2D eigenvalue weighted by Gasteiger charge is 2.27. The molecule has 1 fully saturated rings. The largest absolute Gasteiger partial charge is 0.481 e. The molecule has 0 aromatic carbocycles. The molecule has 282 valence electrons. The number of β-amino-alcohol motifs (C(OH)–C–C–N with tert-alkyl or cyclic N) is 1. The molecule has 8 bridgehead atoms. The Kier molecular flexibility index (Phi) is 11.7. The number of aliphatic hydroxyl groups excluding tert-OH is 3. The summed E-state index contributed by atoms with van der Waals surface area (Å²) >= 11 is 0. The molecule has 1 saturated heterocycles. The summed E-state index contributed by atoms with van der Waals surface area (Å²) in [5, 5.41) is 60.3. The summed E-state index contributed by atoms with van der Waals surface area (Å²) in [5.74, 6) is -2.72. The van der Waals surface area contributed by atoms with Crippen LogP contribution in [-0.2, 0) is 14.4 Å². The molecule has 3 aliphatic heterocycles. The van der Waals surface area contributed by atoms with Gasteiger partial charge in [-0.15, -0.1) is 0 Å². The van der Waals surface area contributed by atoms with E-state index in [1.807, 2.05) is 52.0 Å². The molecule has 14 nitrogen and oxygen atoms in total. The monoisotopic (exact) mass is 729 g/mol. The van der Waals surface area contributed by atoms with Gasteiger partial charge in [0.2, 0.25) is 0 Å². The molecule has 9 N–H and O–H groups in total. The number of aliphatic hydroxyl groups is 3. The van der Waals surface area contributed by atoms with Gasteiger partial charge in [-0.25, -0.2) is 9.97 Å². The van der Waals surface area contributed by atoms with Crippen molar-refractivity contribution in [3.63, 3.8) is 0 Å². The number of carbonyl (C=O) groups is 3. The zero-order valence-electron chi connectivity index (χ0n) is 30.7. The van der Waals surface area contributed by atoms with Crippen molar-refractivity contribution in [3.05, 3.63) is 69.3 Å². The highest BCUT2D eigenvalue weighted by molar-refractivity contribution is 5.96. The van der Waals surface area contributed by atoms with Crippen molar-refractivity contribution in [2.75, 3.05) is 6.54 Å². The zero-order chi connectivity index (χ0) is 38.9. The van der Waals surface area contributed by atoms with Crippen molar-refractivity contribution in [2.24, 2.45) is 0 Å². The zero-order valence-corrected chi connectivity index (χ0v) is 30.7. The number of hydrogen-bond donors (Lipinski definition) is 9. The van der Waals surface area contributed by atoms with Crippen molar-refractivity contribution in [1.29, 1.82) is 0 Å². The van der Waals surface area contributed by atoms with Crippen LogP contribution in [0.25, 0.3) is 44.4 Å². The van der Waals surface area contributed by atoms with Crippen LogP contribution in [0.5, 0.6) is 0 Å². The third kappa shape index (κ3) is 8.41. The topological polar surface area (TPSA) is 242 Å². The highest BCUT2D eigenvalue weighted by Crippen LogP contribution is 2.39. The van der Waals surface area contributed by atoms with E-state index in [1.165, 1.54) is 0 Å². The second kappa shape index (κ2) is 15.8. The molecule has 0 saturated carbocycles. The Morgan fingerprint density at radius 2 is 1.13 bits per heavy atom. The molecule has 3 aromatic heterocycles. The van der Waals surface area contributed by atoms with E-state index in [1.54, 1.807) is 13.8 Å². The first kappa shape index (κ1) is 39.1. The normalized spacial score (nSPS) is 18.1. The summed E-state index contributed by atoms with van der Waals surface area (Å²) in [4.78, 5) is 50.0. The Labute approximate surface area is 306 Å². The minimum atomic E-state index is -0.921. The number of nitrogens with zero attached hydrogens (tertiary/aromatic N) is 2. The molecule has 3 aromatic rings. The third-order valence-electron chi connectivity index (χ3n) is 10.1. The number of carboxylic acids is 3. The average Bonchev–Trinajstić information content (AvgIpc) is 3.84. The lowest BCUT2D eigenvalue weighted by Gasteiger charge is -2.05. The number of hydrogen-bond acceptors (Lipinski definition) is 9. The van der Waals surface area contributed by atoms with E-state index in [0.717, 1.165) is 50.0 Å². The van der Waals surface area contributed by atoms with Gasteiger partial charge in [-0.2, -0.15) is 0 Å². The SMILES string of the molecule is CC1=C(CCC(=O)O)c2cc3nc(cc4[nH]c(cc5[nH]c(cc1n2)c(C)c5C(C)O)c(C)c4C(C)O)C(C)=C3CCC(=O)O.O=C(O)[C@@H]1CC(O)CN1. The Bertz CT molecular complexity index is 2190. The smallest absolute Gasteiger partial charge is 0.320 e. The molecule has 0 amide bonds. The molecule has 6 heterocycles. The minimum Gasteiger partial charge on any atom is -0.481 e. The highest BCUT2D eigenvalue weighted by atomic mass is 16.4. The minimum absolute atomic E-state index is 0.0750. The lowest BCUT2D eigenvalue weighted by atomic mass is 9.98. The lowest BCUT2D eigenvalue weighted by Crippen LogP contribution is -2.29. The number of nitrogens with one attached hydrogen (secondary N) is 3. The first-order valence-electron chi connectivity index (χ1n) is 17.6. The average molecular weight is 730 g/mol. The van der Waals surface area contributed by atoms with Gasteiger partial charge < -0.3 is 45.9 Å².